The SMILES string of the molecule is Cc1ccccc1-c1ccnc(N)c1CN. The van der Waals surface area contributed by atoms with E-state index in [-0.39, 0.29) is 0 Å². The van der Waals surface area contributed by atoms with Gasteiger partial charge in [0.25, 0.3) is 0 Å². The maximum Gasteiger partial charge on any atom is 0.128 e. The zero-order valence-electron chi connectivity index (χ0n) is 9.27. The highest BCUT2D eigenvalue weighted by Crippen LogP contribution is 2.28. The van der Waals surface area contributed by atoms with Gasteiger partial charge in [0.15, 0.2) is 0 Å². The standard InChI is InChI=1S/C13H15N3/c1-9-4-2-3-5-10(9)11-6-7-16-13(15)12(11)8-14/h2-7H,8,14H2,1H3,(H2,15,16). The highest BCUT2D eigenvalue weighted by Gasteiger charge is 2.09. The Kier molecular flexibility index (Phi) is 2.88. The van der Waals surface area contributed by atoms with Crippen LogP contribution in [0, 0.1) is 6.92 Å². The lowest BCUT2D eigenvalue weighted by Crippen LogP contribution is -2.05. The number of aromatic nitrogens is 1. The second-order valence-corrected chi connectivity index (χ2v) is 3.74. The molecule has 0 aliphatic rings. The van der Waals surface area contributed by atoms with E-state index >= 15 is 0 Å². The van der Waals surface area contributed by atoms with Crippen LogP contribution >= 0.6 is 0 Å². The Bertz CT molecular complexity index is 506. The molecule has 0 bridgehead atoms. The van der Waals surface area contributed by atoms with Crippen molar-refractivity contribution >= 4 is 5.82 Å². The number of benzene rings is 1. The summed E-state index contributed by atoms with van der Waals surface area (Å²) in [5.74, 6) is 0.517. The van der Waals surface area contributed by atoms with Crippen molar-refractivity contribution in [2.75, 3.05) is 5.73 Å². The molecular weight excluding hydrogens is 198 g/mol. The number of pyridine rings is 1. The van der Waals surface area contributed by atoms with Gasteiger partial charge in [-0.05, 0) is 29.7 Å². The minimum absolute atomic E-state index is 0.406. The quantitative estimate of drug-likeness (QED) is 0.802. The van der Waals surface area contributed by atoms with Crippen LogP contribution in [-0.4, -0.2) is 4.98 Å². The van der Waals surface area contributed by atoms with Gasteiger partial charge in [-0.1, -0.05) is 24.3 Å². The van der Waals surface area contributed by atoms with E-state index in [9.17, 15) is 0 Å². The summed E-state index contributed by atoms with van der Waals surface area (Å²) < 4.78 is 0. The molecule has 0 radical (unpaired) electrons. The van der Waals surface area contributed by atoms with Crippen LogP contribution in [0.25, 0.3) is 11.1 Å². The molecule has 0 atom stereocenters. The summed E-state index contributed by atoms with van der Waals surface area (Å²) in [6.45, 7) is 2.48. The molecule has 3 nitrogen and oxygen atoms in total. The minimum atomic E-state index is 0.406. The first-order chi connectivity index (χ1) is 7.74. The molecule has 1 aromatic carbocycles. The zero-order chi connectivity index (χ0) is 11.5. The minimum Gasteiger partial charge on any atom is -0.383 e. The molecule has 0 aliphatic heterocycles. The largest absolute Gasteiger partial charge is 0.383 e. The fourth-order valence-corrected chi connectivity index (χ4v) is 1.85. The van der Waals surface area contributed by atoms with Crippen molar-refractivity contribution in [2.24, 2.45) is 5.73 Å². The molecule has 4 N–H and O–H groups in total. The van der Waals surface area contributed by atoms with Crippen LogP contribution in [-0.2, 0) is 6.54 Å². The number of nitrogens with two attached hydrogens (primary N) is 2. The van der Waals surface area contributed by atoms with E-state index in [1.165, 1.54) is 5.56 Å². The molecule has 1 aromatic heterocycles. The second-order valence-electron chi connectivity index (χ2n) is 3.74. The van der Waals surface area contributed by atoms with Gasteiger partial charge in [0.2, 0.25) is 0 Å². The highest BCUT2D eigenvalue weighted by atomic mass is 14.8. The molecule has 0 spiro atoms. The number of nitrogen functional groups attached to an aromatic ring is 1. The van der Waals surface area contributed by atoms with E-state index in [1.54, 1.807) is 6.20 Å². The zero-order valence-corrected chi connectivity index (χ0v) is 9.27. The van der Waals surface area contributed by atoms with Gasteiger partial charge in [0.1, 0.15) is 5.82 Å². The van der Waals surface area contributed by atoms with Crippen LogP contribution in [0.3, 0.4) is 0 Å². The predicted molar refractivity (Wildman–Crippen MR) is 66.7 cm³/mol. The van der Waals surface area contributed by atoms with Crippen molar-refractivity contribution < 1.29 is 0 Å². The molecule has 0 fully saturated rings. The maximum atomic E-state index is 5.83. The summed E-state index contributed by atoms with van der Waals surface area (Å²) in [5.41, 5.74) is 15.9. The van der Waals surface area contributed by atoms with E-state index in [1.807, 2.05) is 18.2 Å². The maximum absolute atomic E-state index is 5.83. The molecule has 82 valence electrons. The molecule has 2 rings (SSSR count). The van der Waals surface area contributed by atoms with Crippen molar-refractivity contribution in [2.45, 2.75) is 13.5 Å². The Labute approximate surface area is 95.1 Å². The summed E-state index contributed by atoms with van der Waals surface area (Å²) in [7, 11) is 0. The third-order valence-corrected chi connectivity index (χ3v) is 2.73. The monoisotopic (exact) mass is 213 g/mol. The number of hydrogen-bond acceptors (Lipinski definition) is 3. The lowest BCUT2D eigenvalue weighted by atomic mass is 9.97. The van der Waals surface area contributed by atoms with E-state index in [4.69, 9.17) is 11.5 Å². The molecule has 1 heterocycles. The fourth-order valence-electron chi connectivity index (χ4n) is 1.85. The molecule has 2 aromatic rings. The number of hydrogen-bond donors (Lipinski definition) is 2. The number of rotatable bonds is 2. The molecule has 0 saturated heterocycles. The normalized spacial score (nSPS) is 10.4. The Morgan fingerprint density at radius 1 is 1.12 bits per heavy atom. The molecule has 0 saturated carbocycles. The average molecular weight is 213 g/mol. The third kappa shape index (κ3) is 1.77. The van der Waals surface area contributed by atoms with Crippen molar-refractivity contribution in [1.29, 1.82) is 0 Å². The first-order valence-corrected chi connectivity index (χ1v) is 5.23. The summed E-state index contributed by atoms with van der Waals surface area (Å²) in [4.78, 5) is 4.06. The predicted octanol–water partition coefficient (Wildman–Crippen LogP) is 2.10. The van der Waals surface area contributed by atoms with Crippen molar-refractivity contribution in [1.82, 2.24) is 4.98 Å². The summed E-state index contributed by atoms with van der Waals surface area (Å²) in [5, 5.41) is 0. The van der Waals surface area contributed by atoms with Gasteiger partial charge in [0.05, 0.1) is 0 Å². The lowest BCUT2D eigenvalue weighted by molar-refractivity contribution is 1.06. The van der Waals surface area contributed by atoms with E-state index < -0.39 is 0 Å². The van der Waals surface area contributed by atoms with Gasteiger partial charge in [-0.15, -0.1) is 0 Å². The van der Waals surface area contributed by atoms with Gasteiger partial charge in [-0.25, -0.2) is 4.98 Å². The average Bonchev–Trinajstić information content (AvgIpc) is 2.29. The Balaban J connectivity index is 2.65. The summed E-state index contributed by atoms with van der Waals surface area (Å²) >= 11 is 0. The number of nitrogens with zero attached hydrogens (tertiary/aromatic N) is 1. The topological polar surface area (TPSA) is 64.9 Å². The fraction of sp³-hybridized carbons (Fsp3) is 0.154. The van der Waals surface area contributed by atoms with Crippen molar-refractivity contribution in [3.63, 3.8) is 0 Å². The first kappa shape index (κ1) is 10.6. The van der Waals surface area contributed by atoms with Crippen LogP contribution in [0.15, 0.2) is 36.5 Å². The van der Waals surface area contributed by atoms with Crippen LogP contribution < -0.4 is 11.5 Å². The summed E-state index contributed by atoms with van der Waals surface area (Å²) in [6.07, 6.45) is 1.72. The Morgan fingerprint density at radius 3 is 2.56 bits per heavy atom. The smallest absolute Gasteiger partial charge is 0.128 e. The molecular formula is C13H15N3. The Morgan fingerprint density at radius 2 is 1.88 bits per heavy atom. The highest BCUT2D eigenvalue weighted by molar-refractivity contribution is 5.73. The van der Waals surface area contributed by atoms with Gasteiger partial charge in [-0.3, -0.25) is 0 Å². The molecule has 3 heteroatoms. The van der Waals surface area contributed by atoms with Crippen LogP contribution in [0.2, 0.25) is 0 Å². The lowest BCUT2D eigenvalue weighted by Gasteiger charge is -2.11. The first-order valence-electron chi connectivity index (χ1n) is 5.23. The molecule has 0 amide bonds. The van der Waals surface area contributed by atoms with Gasteiger partial charge in [0, 0.05) is 18.3 Å². The molecule has 0 aliphatic carbocycles. The Hall–Kier alpha value is -1.87. The van der Waals surface area contributed by atoms with Gasteiger partial charge >= 0.3 is 0 Å². The van der Waals surface area contributed by atoms with Crippen LogP contribution in [0.5, 0.6) is 0 Å². The third-order valence-electron chi connectivity index (χ3n) is 2.73. The number of aryl methyl sites for hydroxylation is 1. The molecule has 0 unspecified atom stereocenters. The summed E-state index contributed by atoms with van der Waals surface area (Å²) in [6, 6.07) is 10.1. The molecule has 16 heavy (non-hydrogen) atoms. The van der Waals surface area contributed by atoms with E-state index in [2.05, 4.69) is 24.0 Å². The number of anilines is 1. The van der Waals surface area contributed by atoms with E-state index in [0.717, 1.165) is 16.7 Å². The van der Waals surface area contributed by atoms with E-state index in [0.29, 0.717) is 12.4 Å². The van der Waals surface area contributed by atoms with Gasteiger partial charge < -0.3 is 11.5 Å². The van der Waals surface area contributed by atoms with Crippen molar-refractivity contribution in [3.05, 3.63) is 47.7 Å². The van der Waals surface area contributed by atoms with Gasteiger partial charge in [-0.2, -0.15) is 0 Å². The van der Waals surface area contributed by atoms with Crippen LogP contribution in [0.4, 0.5) is 5.82 Å². The van der Waals surface area contributed by atoms with Crippen LogP contribution in [0.1, 0.15) is 11.1 Å². The second kappa shape index (κ2) is 4.33. The van der Waals surface area contributed by atoms with Crippen molar-refractivity contribution in [3.8, 4) is 11.1 Å².